The van der Waals surface area contributed by atoms with Crippen molar-refractivity contribution in [2.24, 2.45) is 0 Å². The van der Waals surface area contributed by atoms with Crippen LogP contribution in [0, 0.1) is 0 Å². The first-order valence-electron chi connectivity index (χ1n) is 29.4. The largest absolute Gasteiger partial charge is 0.454 e. The molecule has 0 saturated carbocycles. The fourth-order valence-electron chi connectivity index (χ4n) is 14.4. The predicted octanol–water partition coefficient (Wildman–Crippen LogP) is 19.6. The van der Waals surface area contributed by atoms with E-state index in [9.17, 15) is 0 Å². The maximum absolute atomic E-state index is 7.22. The summed E-state index contributed by atoms with van der Waals surface area (Å²) in [6.07, 6.45) is 4.64. The molecule has 4 aliphatic rings. The molecule has 0 amide bonds. The summed E-state index contributed by atoms with van der Waals surface area (Å²) in [5.41, 5.74) is 23.5. The van der Waals surface area contributed by atoms with Crippen LogP contribution >= 0.6 is 11.3 Å². The number of furan rings is 1. The lowest BCUT2D eigenvalue weighted by atomic mass is 9.36. The Labute approximate surface area is 479 Å². The van der Waals surface area contributed by atoms with E-state index in [0.29, 0.717) is 0 Å². The summed E-state index contributed by atoms with van der Waals surface area (Å²) in [7, 11) is 0. The van der Waals surface area contributed by atoms with E-state index in [1.165, 1.54) is 94.8 Å². The summed E-state index contributed by atoms with van der Waals surface area (Å²) in [6, 6.07) is 60.9. The van der Waals surface area contributed by atoms with Gasteiger partial charge in [-0.1, -0.05) is 170 Å². The molecule has 14 rings (SSSR count). The summed E-state index contributed by atoms with van der Waals surface area (Å²) in [5, 5.41) is 3.63. The molecule has 0 bridgehead atoms. The van der Waals surface area contributed by atoms with Gasteiger partial charge >= 0.3 is 0 Å². The Morgan fingerprint density at radius 3 is 1.65 bits per heavy atom. The van der Waals surface area contributed by atoms with Gasteiger partial charge in [-0.3, -0.25) is 0 Å². The van der Waals surface area contributed by atoms with Gasteiger partial charge in [0.25, 0.3) is 6.71 Å². The zero-order chi connectivity index (χ0) is 55.8. The van der Waals surface area contributed by atoms with Gasteiger partial charge in [-0.2, -0.15) is 0 Å². The molecule has 0 unspecified atom stereocenters. The molecule has 6 heteroatoms. The minimum Gasteiger partial charge on any atom is -0.454 e. The number of para-hydroxylation sites is 3. The monoisotopic (exact) mass is 1070 g/mol. The molecule has 0 atom stereocenters. The Hall–Kier alpha value is -7.02. The number of anilines is 9. The van der Waals surface area contributed by atoms with Crippen molar-refractivity contribution in [2.45, 2.75) is 155 Å². The quantitative estimate of drug-likeness (QED) is 0.160. The van der Waals surface area contributed by atoms with Gasteiger partial charge in [0, 0.05) is 59.8 Å². The van der Waals surface area contributed by atoms with E-state index in [-0.39, 0.29) is 39.2 Å². The highest BCUT2D eigenvalue weighted by molar-refractivity contribution is 7.33. The molecule has 0 spiro atoms. The molecule has 2 aromatic heterocycles. The molecule has 2 aliphatic carbocycles. The van der Waals surface area contributed by atoms with Crippen LogP contribution in [0.15, 0.2) is 162 Å². The van der Waals surface area contributed by atoms with Crippen LogP contribution in [-0.4, -0.2) is 6.71 Å². The van der Waals surface area contributed by atoms with Crippen LogP contribution in [0.5, 0.6) is 0 Å². The second-order valence-corrected chi connectivity index (χ2v) is 29.8. The van der Waals surface area contributed by atoms with Gasteiger partial charge in [0.05, 0.1) is 17.1 Å². The summed E-state index contributed by atoms with van der Waals surface area (Å²) < 4.78 is 10.00. The smallest absolute Gasteiger partial charge is 0.264 e. The average molecular weight is 1070 g/mol. The van der Waals surface area contributed by atoms with Crippen molar-refractivity contribution in [1.29, 1.82) is 0 Å². The number of rotatable bonds is 5. The molecule has 10 aromatic rings. The average Bonchev–Trinajstić information content (AvgIpc) is 4.06. The Bertz CT molecular complexity index is 4140. The SMILES string of the molecule is CC(C)(C)c1ccc2c(c1)B1c3sc4cc5c(cc4c3N(c3ccc4c(c3)C(C)(C)CCC4(C)C)c3cc(N(c4ccccc4)c4ccccc4)cc(c31)N2c1cccc2c1oc1ccc(C(C)(C)C)cc12)C(C)(C)CCC5(C)C. The van der Waals surface area contributed by atoms with E-state index < -0.39 is 0 Å². The Kier molecular flexibility index (Phi) is 11.0. The molecule has 0 fully saturated rings. The molecule has 80 heavy (non-hydrogen) atoms. The lowest BCUT2D eigenvalue weighted by molar-refractivity contribution is 0.332. The molecule has 4 heterocycles. The van der Waals surface area contributed by atoms with Gasteiger partial charge in [0.2, 0.25) is 0 Å². The lowest BCUT2D eigenvalue weighted by Gasteiger charge is -2.45. The molecule has 402 valence electrons. The first kappa shape index (κ1) is 51.2. The van der Waals surface area contributed by atoms with Gasteiger partial charge in [-0.25, -0.2) is 0 Å². The first-order valence-corrected chi connectivity index (χ1v) is 30.3. The number of thiophene rings is 1. The van der Waals surface area contributed by atoms with Crippen LogP contribution in [0.3, 0.4) is 0 Å². The van der Waals surface area contributed by atoms with E-state index in [2.05, 4.69) is 269 Å². The third-order valence-electron chi connectivity index (χ3n) is 19.4. The summed E-state index contributed by atoms with van der Waals surface area (Å²) in [4.78, 5) is 7.79. The van der Waals surface area contributed by atoms with Gasteiger partial charge in [0.1, 0.15) is 5.58 Å². The second kappa shape index (κ2) is 17.3. The Balaban J connectivity index is 1.16. The van der Waals surface area contributed by atoms with Gasteiger partial charge < -0.3 is 19.1 Å². The molecule has 8 aromatic carbocycles. The zero-order valence-electron chi connectivity index (χ0n) is 49.6. The number of benzene rings is 8. The third-order valence-corrected chi connectivity index (χ3v) is 20.7. The molecular formula is C74H76BN3OS. The maximum Gasteiger partial charge on any atom is 0.264 e. The number of nitrogens with zero attached hydrogens (tertiary/aromatic N) is 3. The van der Waals surface area contributed by atoms with Crippen LogP contribution in [0.4, 0.5) is 51.2 Å². The molecular weight excluding hydrogens is 990 g/mol. The van der Waals surface area contributed by atoms with Crippen molar-refractivity contribution in [3.8, 4) is 0 Å². The molecule has 0 radical (unpaired) electrons. The molecule has 2 aliphatic heterocycles. The van der Waals surface area contributed by atoms with E-state index in [0.717, 1.165) is 63.2 Å². The third kappa shape index (κ3) is 7.74. The summed E-state index contributed by atoms with van der Waals surface area (Å²) in [5.74, 6) is 0. The van der Waals surface area contributed by atoms with E-state index in [4.69, 9.17) is 4.42 Å². The van der Waals surface area contributed by atoms with Gasteiger partial charge in [-0.15, -0.1) is 11.3 Å². The van der Waals surface area contributed by atoms with Gasteiger partial charge in [-0.05, 0) is 187 Å². The summed E-state index contributed by atoms with van der Waals surface area (Å²) in [6.45, 7) is 33.7. The highest BCUT2D eigenvalue weighted by Gasteiger charge is 2.48. The van der Waals surface area contributed by atoms with Crippen LogP contribution in [0.2, 0.25) is 0 Å². The van der Waals surface area contributed by atoms with E-state index in [1.807, 2.05) is 11.3 Å². The van der Waals surface area contributed by atoms with Crippen LogP contribution in [0.25, 0.3) is 32.0 Å². The van der Waals surface area contributed by atoms with Crippen LogP contribution < -0.4 is 30.4 Å². The summed E-state index contributed by atoms with van der Waals surface area (Å²) >= 11 is 2.04. The maximum atomic E-state index is 7.22. The van der Waals surface area contributed by atoms with E-state index >= 15 is 0 Å². The van der Waals surface area contributed by atoms with Crippen molar-refractivity contribution >= 4 is 117 Å². The number of fused-ring (bicyclic) bond motifs is 11. The second-order valence-electron chi connectivity index (χ2n) is 28.7. The first-order chi connectivity index (χ1) is 37.9. The topological polar surface area (TPSA) is 22.9 Å². The van der Waals surface area contributed by atoms with Crippen molar-refractivity contribution < 1.29 is 4.42 Å². The van der Waals surface area contributed by atoms with Crippen LogP contribution in [0.1, 0.15) is 156 Å². The Morgan fingerprint density at radius 2 is 1.02 bits per heavy atom. The van der Waals surface area contributed by atoms with Crippen molar-refractivity contribution in [3.05, 3.63) is 191 Å². The zero-order valence-corrected chi connectivity index (χ0v) is 50.4. The molecule has 0 saturated heterocycles. The minimum absolute atomic E-state index is 0.00408. The normalized spacial score (nSPS) is 17.5. The highest BCUT2D eigenvalue weighted by Crippen LogP contribution is 2.56. The predicted molar refractivity (Wildman–Crippen MR) is 346 cm³/mol. The fourth-order valence-corrected chi connectivity index (χ4v) is 15.7. The lowest BCUT2D eigenvalue weighted by Crippen LogP contribution is -2.60. The Morgan fingerprint density at radius 1 is 0.463 bits per heavy atom. The van der Waals surface area contributed by atoms with E-state index in [1.54, 1.807) is 0 Å². The van der Waals surface area contributed by atoms with Crippen LogP contribution in [-0.2, 0) is 32.5 Å². The fraction of sp³-hybridized carbons (Fsp3) is 0.324. The standard InChI is InChI=1S/C74H76BN3OS/c1-69(2,3)45-29-33-63-52(38-45)51-26-21-27-60(67(51)79-63)78-59-32-28-46(70(4,5)6)39-58(59)75-65-61(41-50(42-62(65)78)76(47-22-17-15-18-23-47)48-24-19-16-20-25-48)77(49-30-31-54-55(40-49)72(9,10)35-34-71(54,7)8)66-53-43-56-57(44-64(53)80-68(66)75)74(13,14)37-36-73(56,11)12/h15-33,38-44H,34-37H2,1-14H3. The van der Waals surface area contributed by atoms with Crippen molar-refractivity contribution in [3.63, 3.8) is 0 Å². The van der Waals surface area contributed by atoms with Gasteiger partial charge in [0.15, 0.2) is 5.58 Å². The molecule has 4 nitrogen and oxygen atoms in total. The van der Waals surface area contributed by atoms with Crippen molar-refractivity contribution in [2.75, 3.05) is 14.7 Å². The minimum atomic E-state index is -0.0914. The van der Waals surface area contributed by atoms with Crippen molar-refractivity contribution in [1.82, 2.24) is 0 Å². The highest BCUT2D eigenvalue weighted by atomic mass is 32.1. The molecule has 0 N–H and O–H groups in total. The number of hydrogen-bond acceptors (Lipinski definition) is 5. The number of hydrogen-bond donors (Lipinski definition) is 0.